The molecule has 0 aliphatic heterocycles. The summed E-state index contributed by atoms with van der Waals surface area (Å²) in [6, 6.07) is 21.6. The van der Waals surface area contributed by atoms with Gasteiger partial charge in [0.25, 0.3) is 5.91 Å². The highest BCUT2D eigenvalue weighted by Gasteiger charge is 2.17. The number of nitro benzene ring substituents is 1. The molecule has 3 aromatic carbocycles. The first-order valence-corrected chi connectivity index (χ1v) is 10.5. The molecule has 1 heterocycles. The molecule has 0 atom stereocenters. The molecule has 4 aromatic rings. The predicted octanol–water partition coefficient (Wildman–Crippen LogP) is 5.37. The second-order valence-electron chi connectivity index (χ2n) is 6.75. The molecule has 1 amide bonds. The number of para-hydroxylation sites is 1. The highest BCUT2D eigenvalue weighted by molar-refractivity contribution is 7.99. The van der Waals surface area contributed by atoms with Crippen molar-refractivity contribution >= 4 is 29.0 Å². The van der Waals surface area contributed by atoms with Gasteiger partial charge in [0.1, 0.15) is 5.82 Å². The van der Waals surface area contributed by atoms with Crippen molar-refractivity contribution in [2.45, 2.75) is 16.5 Å². The van der Waals surface area contributed by atoms with Gasteiger partial charge in [0.2, 0.25) is 5.75 Å². The van der Waals surface area contributed by atoms with Crippen LogP contribution in [-0.2, 0) is 6.73 Å². The number of carbonyl (C=O) groups excluding carboxylic acids is 1. The maximum absolute atomic E-state index is 13.4. The van der Waals surface area contributed by atoms with Crippen LogP contribution in [0.4, 0.5) is 15.8 Å². The zero-order chi connectivity index (χ0) is 23.2. The third-order valence-corrected chi connectivity index (χ3v) is 5.53. The van der Waals surface area contributed by atoms with E-state index in [1.54, 1.807) is 6.07 Å². The maximum Gasteiger partial charge on any atom is 0.311 e. The zero-order valence-electron chi connectivity index (χ0n) is 17.1. The van der Waals surface area contributed by atoms with E-state index in [1.807, 2.05) is 48.5 Å². The first-order valence-electron chi connectivity index (χ1n) is 9.73. The van der Waals surface area contributed by atoms with E-state index in [0.717, 1.165) is 28.0 Å². The van der Waals surface area contributed by atoms with E-state index in [0.29, 0.717) is 5.69 Å². The van der Waals surface area contributed by atoms with Crippen LogP contribution < -0.4 is 10.1 Å². The number of halogens is 1. The van der Waals surface area contributed by atoms with E-state index in [2.05, 4.69) is 10.4 Å². The van der Waals surface area contributed by atoms with Gasteiger partial charge in [-0.3, -0.25) is 14.9 Å². The lowest BCUT2D eigenvalue weighted by molar-refractivity contribution is -0.386. The average Bonchev–Trinajstić information content (AvgIpc) is 3.29. The van der Waals surface area contributed by atoms with Crippen molar-refractivity contribution in [3.05, 3.63) is 107 Å². The van der Waals surface area contributed by atoms with Crippen LogP contribution in [0, 0.1) is 15.9 Å². The van der Waals surface area contributed by atoms with Crippen LogP contribution in [0.3, 0.4) is 0 Å². The Hall–Kier alpha value is -4.18. The van der Waals surface area contributed by atoms with Crippen molar-refractivity contribution in [1.82, 2.24) is 9.78 Å². The third kappa shape index (κ3) is 5.55. The van der Waals surface area contributed by atoms with Gasteiger partial charge >= 0.3 is 5.69 Å². The van der Waals surface area contributed by atoms with Crippen molar-refractivity contribution in [2.75, 3.05) is 5.32 Å². The highest BCUT2D eigenvalue weighted by Crippen LogP contribution is 2.33. The Morgan fingerprint density at radius 3 is 2.64 bits per heavy atom. The molecule has 0 aliphatic rings. The van der Waals surface area contributed by atoms with Crippen LogP contribution in [0.15, 0.2) is 94.9 Å². The Bertz CT molecular complexity index is 1300. The fourth-order valence-electron chi connectivity index (χ4n) is 2.91. The predicted molar refractivity (Wildman–Crippen MR) is 121 cm³/mol. The normalized spacial score (nSPS) is 10.6. The summed E-state index contributed by atoms with van der Waals surface area (Å²) in [7, 11) is 0. The molecule has 0 saturated carbocycles. The van der Waals surface area contributed by atoms with Gasteiger partial charge in [-0.15, -0.1) is 0 Å². The average molecular weight is 464 g/mol. The molecule has 1 aromatic heterocycles. The van der Waals surface area contributed by atoms with Crippen molar-refractivity contribution in [2.24, 2.45) is 0 Å². The molecule has 0 bridgehead atoms. The van der Waals surface area contributed by atoms with Crippen LogP contribution in [0.25, 0.3) is 0 Å². The third-order valence-electron chi connectivity index (χ3n) is 4.45. The molecule has 8 nitrogen and oxygen atoms in total. The topological polar surface area (TPSA) is 99.3 Å². The lowest BCUT2D eigenvalue weighted by atomic mass is 10.3. The summed E-state index contributed by atoms with van der Waals surface area (Å²) in [5, 5.41) is 18.1. The van der Waals surface area contributed by atoms with Crippen molar-refractivity contribution in [3.63, 3.8) is 0 Å². The molecule has 1 N–H and O–H groups in total. The molecular weight excluding hydrogens is 447 g/mol. The van der Waals surface area contributed by atoms with Crippen LogP contribution in [0.5, 0.6) is 5.75 Å². The Balaban J connectivity index is 1.43. The molecular formula is C23H17FN4O4S. The van der Waals surface area contributed by atoms with Crippen LogP contribution in [0.1, 0.15) is 10.5 Å². The van der Waals surface area contributed by atoms with Crippen LogP contribution >= 0.6 is 11.8 Å². The molecule has 0 aliphatic carbocycles. The lowest BCUT2D eigenvalue weighted by Gasteiger charge is -2.10. The fraction of sp³-hybridized carbons (Fsp3) is 0.0435. The van der Waals surface area contributed by atoms with Gasteiger partial charge in [0, 0.05) is 28.1 Å². The molecule has 0 spiro atoms. The standard InChI is InChI=1S/C23H17FN4O4S/c24-16-10-11-20(28(30)31)21(14-16)32-15-27-13-12-19(26-27)23(29)25-18-8-4-5-9-22(18)33-17-6-2-1-3-7-17/h1-14H,15H2,(H,25,29). The van der Waals surface area contributed by atoms with Crippen molar-refractivity contribution in [3.8, 4) is 5.75 Å². The SMILES string of the molecule is O=C(Nc1ccccc1Sc1ccccc1)c1ccn(COc2cc(F)ccc2[N+](=O)[O-])n1. The molecule has 0 fully saturated rings. The van der Waals surface area contributed by atoms with Crippen molar-refractivity contribution in [1.29, 1.82) is 0 Å². The molecule has 4 rings (SSSR count). The van der Waals surface area contributed by atoms with Gasteiger partial charge in [0.05, 0.1) is 10.6 Å². The number of nitro groups is 1. The minimum absolute atomic E-state index is 0.131. The first kappa shape index (κ1) is 22.0. The largest absolute Gasteiger partial charge is 0.464 e. The number of carbonyl (C=O) groups is 1. The summed E-state index contributed by atoms with van der Waals surface area (Å²) in [6.45, 7) is -0.238. The van der Waals surface area contributed by atoms with Crippen LogP contribution in [0.2, 0.25) is 0 Å². The minimum Gasteiger partial charge on any atom is -0.464 e. The molecule has 0 radical (unpaired) electrons. The summed E-state index contributed by atoms with van der Waals surface area (Å²) < 4.78 is 20.1. The molecule has 166 valence electrons. The number of amides is 1. The number of hydrogen-bond acceptors (Lipinski definition) is 6. The first-order chi connectivity index (χ1) is 16.0. The number of hydrogen-bond donors (Lipinski definition) is 1. The molecule has 0 saturated heterocycles. The Kier molecular flexibility index (Phi) is 6.65. The quantitative estimate of drug-likeness (QED) is 0.278. The fourth-order valence-corrected chi connectivity index (χ4v) is 3.83. The van der Waals surface area contributed by atoms with Crippen LogP contribution in [-0.4, -0.2) is 20.6 Å². The van der Waals surface area contributed by atoms with Gasteiger partial charge in [-0.05, 0) is 36.4 Å². The number of rotatable bonds is 8. The van der Waals surface area contributed by atoms with Gasteiger partial charge < -0.3 is 10.1 Å². The van der Waals surface area contributed by atoms with E-state index in [4.69, 9.17) is 4.74 Å². The Morgan fingerprint density at radius 1 is 1.09 bits per heavy atom. The summed E-state index contributed by atoms with van der Waals surface area (Å²) >= 11 is 1.52. The zero-order valence-corrected chi connectivity index (χ0v) is 17.9. The molecule has 0 unspecified atom stereocenters. The summed E-state index contributed by atoms with van der Waals surface area (Å²) in [6.07, 6.45) is 1.49. The van der Waals surface area contributed by atoms with Gasteiger partial charge in [-0.2, -0.15) is 5.10 Å². The summed E-state index contributed by atoms with van der Waals surface area (Å²) in [4.78, 5) is 25.0. The maximum atomic E-state index is 13.4. The molecule has 10 heteroatoms. The smallest absolute Gasteiger partial charge is 0.311 e. The van der Waals surface area contributed by atoms with E-state index >= 15 is 0 Å². The summed E-state index contributed by atoms with van der Waals surface area (Å²) in [5.41, 5.74) is 0.401. The Morgan fingerprint density at radius 2 is 1.85 bits per heavy atom. The number of ether oxygens (including phenoxy) is 1. The number of benzene rings is 3. The second kappa shape index (κ2) is 9.96. The van der Waals surface area contributed by atoms with E-state index in [9.17, 15) is 19.3 Å². The lowest BCUT2D eigenvalue weighted by Crippen LogP contribution is -2.15. The second-order valence-corrected chi connectivity index (χ2v) is 7.86. The van der Waals surface area contributed by atoms with E-state index in [-0.39, 0.29) is 23.9 Å². The minimum atomic E-state index is -0.665. The summed E-state index contributed by atoms with van der Waals surface area (Å²) in [5.74, 6) is -1.32. The number of nitrogens with zero attached hydrogens (tertiary/aromatic N) is 3. The van der Waals surface area contributed by atoms with Crippen molar-refractivity contribution < 1.29 is 18.8 Å². The monoisotopic (exact) mass is 464 g/mol. The highest BCUT2D eigenvalue weighted by atomic mass is 32.2. The van der Waals surface area contributed by atoms with E-state index < -0.39 is 16.6 Å². The number of nitrogens with one attached hydrogen (secondary N) is 1. The Labute approximate surface area is 192 Å². The number of aromatic nitrogens is 2. The van der Waals surface area contributed by atoms with E-state index in [1.165, 1.54) is 28.7 Å². The number of anilines is 1. The van der Waals surface area contributed by atoms with Gasteiger partial charge in [-0.1, -0.05) is 42.1 Å². The van der Waals surface area contributed by atoms with Gasteiger partial charge in [0.15, 0.2) is 12.4 Å². The van der Waals surface area contributed by atoms with Gasteiger partial charge in [-0.25, -0.2) is 9.07 Å². The molecule has 33 heavy (non-hydrogen) atoms.